The summed E-state index contributed by atoms with van der Waals surface area (Å²) in [7, 11) is 0. The van der Waals surface area contributed by atoms with E-state index in [9.17, 15) is 18.0 Å². The molecule has 2 heterocycles. The molecule has 1 unspecified atom stereocenters. The van der Waals surface area contributed by atoms with Crippen LogP contribution >= 0.6 is 11.6 Å². The second kappa shape index (κ2) is 8.72. The normalized spacial score (nSPS) is 17.3. The van der Waals surface area contributed by atoms with Gasteiger partial charge < -0.3 is 14.5 Å². The van der Waals surface area contributed by atoms with Gasteiger partial charge in [-0.15, -0.1) is 0 Å². The van der Waals surface area contributed by atoms with E-state index in [1.54, 1.807) is 18.2 Å². The molecule has 1 aliphatic heterocycles. The number of ether oxygens (including phenoxy) is 1. The zero-order chi connectivity index (χ0) is 22.0. The van der Waals surface area contributed by atoms with Crippen LogP contribution in [0.2, 0.25) is 5.02 Å². The van der Waals surface area contributed by atoms with Crippen LogP contribution in [0, 0.1) is 0 Å². The number of benzene rings is 2. The molecule has 1 aromatic heterocycles. The Morgan fingerprint density at radius 1 is 1.19 bits per heavy atom. The highest BCUT2D eigenvalue weighted by molar-refractivity contribution is 6.31. The lowest BCUT2D eigenvalue weighted by Crippen LogP contribution is -2.34. The van der Waals surface area contributed by atoms with Crippen molar-refractivity contribution < 1.29 is 27.1 Å². The van der Waals surface area contributed by atoms with Gasteiger partial charge in [0.15, 0.2) is 0 Å². The Balaban J connectivity index is 1.81. The van der Waals surface area contributed by atoms with Crippen molar-refractivity contribution in [3.63, 3.8) is 0 Å². The molecule has 9 heteroatoms. The van der Waals surface area contributed by atoms with Gasteiger partial charge in [-0.1, -0.05) is 23.7 Å². The molecule has 162 valence electrons. The summed E-state index contributed by atoms with van der Waals surface area (Å²) in [5.41, 5.74) is -1.16. The van der Waals surface area contributed by atoms with Crippen molar-refractivity contribution in [3.8, 4) is 0 Å². The van der Waals surface area contributed by atoms with Crippen molar-refractivity contribution in [2.24, 2.45) is 4.99 Å². The van der Waals surface area contributed by atoms with Crippen LogP contribution in [-0.2, 0) is 10.9 Å². The summed E-state index contributed by atoms with van der Waals surface area (Å²) in [6.07, 6.45) is -2.96. The second-order valence-electron chi connectivity index (χ2n) is 7.12. The molecule has 1 amide bonds. The molecule has 5 nitrogen and oxygen atoms in total. The number of nitrogens with zero attached hydrogens (tertiary/aromatic N) is 1. The van der Waals surface area contributed by atoms with Gasteiger partial charge in [0, 0.05) is 23.6 Å². The smallest absolute Gasteiger partial charge is 0.418 e. The molecule has 0 saturated carbocycles. The highest BCUT2D eigenvalue weighted by Crippen LogP contribution is 2.35. The molecule has 1 atom stereocenters. The van der Waals surface area contributed by atoms with E-state index in [0.29, 0.717) is 22.6 Å². The van der Waals surface area contributed by atoms with Gasteiger partial charge >= 0.3 is 6.18 Å². The third-order valence-electron chi connectivity index (χ3n) is 4.90. The fourth-order valence-electron chi connectivity index (χ4n) is 3.37. The topological polar surface area (TPSA) is 63.8 Å². The van der Waals surface area contributed by atoms with Gasteiger partial charge in [-0.25, -0.2) is 4.99 Å². The van der Waals surface area contributed by atoms with Crippen molar-refractivity contribution >= 4 is 34.2 Å². The van der Waals surface area contributed by atoms with Crippen LogP contribution in [0.5, 0.6) is 0 Å². The maximum Gasteiger partial charge on any atom is 0.418 e. The Bertz CT molecular complexity index is 1180. The second-order valence-corrected chi connectivity index (χ2v) is 7.56. The summed E-state index contributed by atoms with van der Waals surface area (Å²) in [5, 5.41) is 3.71. The van der Waals surface area contributed by atoms with Crippen LogP contribution < -0.4 is 10.9 Å². The molecule has 4 rings (SSSR count). The van der Waals surface area contributed by atoms with Crippen LogP contribution in [-0.4, -0.2) is 25.2 Å². The number of halogens is 4. The molecule has 31 heavy (non-hydrogen) atoms. The van der Waals surface area contributed by atoms with E-state index in [-0.39, 0.29) is 29.5 Å². The SMILES string of the molecule is O=C(NCC1CCCO1)c1cc2cc(Cl)ccc2oc1=Nc1ccccc1C(F)(F)F. The Morgan fingerprint density at radius 2 is 2.00 bits per heavy atom. The van der Waals surface area contributed by atoms with Gasteiger partial charge in [0.25, 0.3) is 5.91 Å². The summed E-state index contributed by atoms with van der Waals surface area (Å²) in [5.74, 6) is -0.524. The number of fused-ring (bicyclic) bond motifs is 1. The molecule has 1 aliphatic rings. The summed E-state index contributed by atoms with van der Waals surface area (Å²) in [6, 6.07) is 11.1. The maximum atomic E-state index is 13.4. The third kappa shape index (κ3) is 4.91. The molecular formula is C22H18ClF3N2O3. The zero-order valence-corrected chi connectivity index (χ0v) is 17.0. The summed E-state index contributed by atoms with van der Waals surface area (Å²) >= 11 is 6.03. The largest absolute Gasteiger partial charge is 0.438 e. The highest BCUT2D eigenvalue weighted by atomic mass is 35.5. The fourth-order valence-corrected chi connectivity index (χ4v) is 3.56. The van der Waals surface area contributed by atoms with E-state index in [2.05, 4.69) is 10.3 Å². The van der Waals surface area contributed by atoms with E-state index in [4.69, 9.17) is 20.8 Å². The van der Waals surface area contributed by atoms with E-state index in [1.165, 1.54) is 24.3 Å². The van der Waals surface area contributed by atoms with Gasteiger partial charge in [-0.3, -0.25) is 4.79 Å². The number of para-hydroxylation sites is 1. The highest BCUT2D eigenvalue weighted by Gasteiger charge is 2.33. The van der Waals surface area contributed by atoms with Crippen molar-refractivity contribution in [2.75, 3.05) is 13.2 Å². The van der Waals surface area contributed by atoms with Crippen LogP contribution in [0.1, 0.15) is 28.8 Å². The molecule has 0 spiro atoms. The minimum atomic E-state index is -4.60. The molecular weight excluding hydrogens is 433 g/mol. The van der Waals surface area contributed by atoms with Gasteiger partial charge in [0.05, 0.1) is 17.4 Å². The minimum Gasteiger partial charge on any atom is -0.438 e. The van der Waals surface area contributed by atoms with Gasteiger partial charge in [0.2, 0.25) is 5.55 Å². The number of carbonyl (C=O) groups excluding carboxylic acids is 1. The standard InChI is InChI=1S/C22H18ClF3N2O3/c23-14-7-8-19-13(10-14)11-16(20(29)27-12-15-4-3-9-30-15)21(31-19)28-18-6-2-1-5-17(18)22(24,25)26/h1-2,5-8,10-11,15H,3-4,9,12H2,(H,27,29). The fraction of sp³-hybridized carbons (Fsp3) is 0.273. The average molecular weight is 451 g/mol. The number of amides is 1. The molecule has 0 radical (unpaired) electrons. The molecule has 2 aromatic carbocycles. The Kier molecular flexibility index (Phi) is 6.02. The van der Waals surface area contributed by atoms with Crippen molar-refractivity contribution in [1.82, 2.24) is 5.32 Å². The Labute approximate surface area is 180 Å². The molecule has 1 fully saturated rings. The first-order valence-corrected chi connectivity index (χ1v) is 10.0. The van der Waals surface area contributed by atoms with Crippen LogP contribution in [0.15, 0.2) is 57.9 Å². The van der Waals surface area contributed by atoms with E-state index in [0.717, 1.165) is 18.9 Å². The molecule has 0 bridgehead atoms. The quantitative estimate of drug-likeness (QED) is 0.590. The number of hydrogen-bond acceptors (Lipinski definition) is 4. The van der Waals surface area contributed by atoms with Crippen molar-refractivity contribution in [3.05, 3.63) is 70.2 Å². The van der Waals surface area contributed by atoms with Crippen molar-refractivity contribution in [1.29, 1.82) is 0 Å². The van der Waals surface area contributed by atoms with E-state index >= 15 is 0 Å². The monoisotopic (exact) mass is 450 g/mol. The molecule has 3 aromatic rings. The van der Waals surface area contributed by atoms with Gasteiger partial charge in [-0.05, 0) is 49.2 Å². The lowest BCUT2D eigenvalue weighted by atomic mass is 10.1. The number of alkyl halides is 3. The first kappa shape index (κ1) is 21.4. The minimum absolute atomic E-state index is 0.00439. The Morgan fingerprint density at radius 3 is 2.74 bits per heavy atom. The van der Waals surface area contributed by atoms with Crippen LogP contribution in [0.25, 0.3) is 11.0 Å². The zero-order valence-electron chi connectivity index (χ0n) is 16.2. The maximum absolute atomic E-state index is 13.4. The first-order chi connectivity index (χ1) is 14.8. The Hall–Kier alpha value is -2.84. The number of hydrogen-bond donors (Lipinski definition) is 1. The molecule has 1 N–H and O–H groups in total. The third-order valence-corrected chi connectivity index (χ3v) is 5.13. The first-order valence-electron chi connectivity index (χ1n) is 9.65. The van der Waals surface area contributed by atoms with Crippen LogP contribution in [0.3, 0.4) is 0 Å². The summed E-state index contributed by atoms with van der Waals surface area (Å²) < 4.78 is 51.4. The van der Waals surface area contributed by atoms with Gasteiger partial charge in [0.1, 0.15) is 11.1 Å². The van der Waals surface area contributed by atoms with Crippen LogP contribution in [0.4, 0.5) is 18.9 Å². The lowest BCUT2D eigenvalue weighted by Gasteiger charge is -2.12. The molecule has 1 saturated heterocycles. The van der Waals surface area contributed by atoms with E-state index < -0.39 is 17.6 Å². The number of carbonyl (C=O) groups is 1. The van der Waals surface area contributed by atoms with Gasteiger partial charge in [-0.2, -0.15) is 13.2 Å². The van der Waals surface area contributed by atoms with E-state index in [1.807, 2.05) is 0 Å². The number of nitrogens with one attached hydrogen (secondary N) is 1. The van der Waals surface area contributed by atoms with Crippen molar-refractivity contribution in [2.45, 2.75) is 25.1 Å². The number of rotatable bonds is 4. The summed E-state index contributed by atoms with van der Waals surface area (Å²) in [4.78, 5) is 17.0. The lowest BCUT2D eigenvalue weighted by molar-refractivity contribution is -0.137. The summed E-state index contributed by atoms with van der Waals surface area (Å²) in [6.45, 7) is 0.921. The molecule has 0 aliphatic carbocycles. The predicted molar refractivity (Wildman–Crippen MR) is 109 cm³/mol. The average Bonchev–Trinajstić information content (AvgIpc) is 3.25. The predicted octanol–water partition coefficient (Wildman–Crippen LogP) is 5.25.